The molecule has 2 aromatic carbocycles. The lowest BCUT2D eigenvalue weighted by Crippen LogP contribution is -2.55. The monoisotopic (exact) mass is 518 g/mol. The van der Waals surface area contributed by atoms with E-state index in [0.29, 0.717) is 23.1 Å². The van der Waals surface area contributed by atoms with E-state index in [4.69, 9.17) is 21.3 Å². The number of halogens is 1. The summed E-state index contributed by atoms with van der Waals surface area (Å²) in [5, 5.41) is 14.1. The number of hydrogen-bond acceptors (Lipinski definition) is 5. The molecule has 0 N–H and O–H groups in total. The maximum absolute atomic E-state index is 13.4. The summed E-state index contributed by atoms with van der Waals surface area (Å²) in [5.74, 6) is 1.19. The van der Waals surface area contributed by atoms with Crippen molar-refractivity contribution >= 4 is 23.2 Å². The van der Waals surface area contributed by atoms with Crippen LogP contribution in [0.25, 0.3) is 0 Å². The Balaban J connectivity index is 1.14. The van der Waals surface area contributed by atoms with Gasteiger partial charge in [-0.2, -0.15) is 0 Å². The smallest absolute Gasteiger partial charge is 0.138 e. The van der Waals surface area contributed by atoms with Crippen molar-refractivity contribution < 1.29 is 9.84 Å². The number of hydrogen-bond donors (Lipinski definition) is 0. The van der Waals surface area contributed by atoms with Gasteiger partial charge in [0.25, 0.3) is 0 Å². The van der Waals surface area contributed by atoms with Crippen LogP contribution in [0.1, 0.15) is 55.2 Å². The van der Waals surface area contributed by atoms with Crippen LogP contribution >= 0.6 is 11.6 Å². The van der Waals surface area contributed by atoms with Gasteiger partial charge in [0.1, 0.15) is 5.75 Å². The van der Waals surface area contributed by atoms with E-state index in [-0.39, 0.29) is 17.9 Å². The molecular formula is C31H37ClN3O2-. The topological polar surface area (TPSA) is 51.1 Å². The highest BCUT2D eigenvalue weighted by Gasteiger charge is 2.47. The molecule has 0 amide bonds. The van der Waals surface area contributed by atoms with Crippen LogP contribution in [0.15, 0.2) is 41.4 Å². The minimum Gasteiger partial charge on any atom is -0.862 e. The molecule has 3 fully saturated rings. The SMILES string of the molecule is [O-]C1=NC(Cc2ccc(OC3CC3)c(Cl)c2)C(N2CCCC2)C2CN(c3ccc4c(c3)CCCC4)CC12. The molecule has 2 aliphatic carbocycles. The molecule has 1 saturated carbocycles. The van der Waals surface area contributed by atoms with Gasteiger partial charge in [-0.15, -0.1) is 0 Å². The third kappa shape index (κ3) is 4.74. The molecule has 0 spiro atoms. The van der Waals surface area contributed by atoms with E-state index < -0.39 is 0 Å². The molecule has 3 aliphatic heterocycles. The first-order valence-corrected chi connectivity index (χ1v) is 14.8. The summed E-state index contributed by atoms with van der Waals surface area (Å²) in [6.45, 7) is 3.96. The minimum absolute atomic E-state index is 0.00390. The molecule has 5 aliphatic rings. The Labute approximate surface area is 225 Å². The Kier molecular flexibility index (Phi) is 6.33. The maximum Gasteiger partial charge on any atom is 0.138 e. The summed E-state index contributed by atoms with van der Waals surface area (Å²) in [4.78, 5) is 9.99. The Bertz CT molecular complexity index is 1190. The Morgan fingerprint density at radius 1 is 0.946 bits per heavy atom. The number of ether oxygens (including phenoxy) is 1. The van der Waals surface area contributed by atoms with Crippen LogP contribution in [-0.2, 0) is 19.3 Å². The van der Waals surface area contributed by atoms with Gasteiger partial charge in [0.15, 0.2) is 0 Å². The highest BCUT2D eigenvalue weighted by Crippen LogP contribution is 2.40. The second-order valence-corrected chi connectivity index (χ2v) is 12.3. The fraction of sp³-hybridized carbons (Fsp3) is 0.581. The highest BCUT2D eigenvalue weighted by atomic mass is 35.5. The van der Waals surface area contributed by atoms with Crippen LogP contribution in [0, 0.1) is 11.8 Å². The molecule has 2 aromatic rings. The summed E-state index contributed by atoms with van der Waals surface area (Å²) >= 11 is 6.60. The number of fused-ring (bicyclic) bond motifs is 2. The summed E-state index contributed by atoms with van der Waals surface area (Å²) in [5.41, 5.74) is 5.45. The molecule has 2 saturated heterocycles. The largest absolute Gasteiger partial charge is 0.862 e. The Morgan fingerprint density at radius 3 is 2.54 bits per heavy atom. The number of likely N-dealkylation sites (tertiary alicyclic amines) is 1. The Morgan fingerprint density at radius 2 is 1.76 bits per heavy atom. The second-order valence-electron chi connectivity index (χ2n) is 11.9. The lowest BCUT2D eigenvalue weighted by Gasteiger charge is -2.44. The van der Waals surface area contributed by atoms with Crippen molar-refractivity contribution in [1.82, 2.24) is 4.90 Å². The number of anilines is 1. The van der Waals surface area contributed by atoms with Crippen LogP contribution in [0.4, 0.5) is 5.69 Å². The van der Waals surface area contributed by atoms with Crippen LogP contribution in [-0.4, -0.2) is 55.2 Å². The van der Waals surface area contributed by atoms with Crippen molar-refractivity contribution in [1.29, 1.82) is 0 Å². The van der Waals surface area contributed by atoms with Gasteiger partial charge >= 0.3 is 0 Å². The molecule has 4 atom stereocenters. The van der Waals surface area contributed by atoms with Crippen LogP contribution < -0.4 is 14.7 Å². The third-order valence-corrected chi connectivity index (χ3v) is 9.62. The molecule has 37 heavy (non-hydrogen) atoms. The molecule has 6 heteroatoms. The molecular weight excluding hydrogens is 482 g/mol. The van der Waals surface area contributed by atoms with Gasteiger partial charge in [-0.1, -0.05) is 23.7 Å². The molecule has 0 bridgehead atoms. The van der Waals surface area contributed by atoms with Crippen molar-refractivity contribution in [3.63, 3.8) is 0 Å². The van der Waals surface area contributed by atoms with Gasteiger partial charge in [0.05, 0.1) is 17.2 Å². The lowest BCUT2D eigenvalue weighted by atomic mass is 9.79. The molecule has 0 aromatic heterocycles. The first-order chi connectivity index (χ1) is 18.1. The lowest BCUT2D eigenvalue weighted by molar-refractivity contribution is -0.228. The van der Waals surface area contributed by atoms with Crippen molar-refractivity contribution in [2.24, 2.45) is 16.8 Å². The van der Waals surface area contributed by atoms with E-state index in [1.807, 2.05) is 12.1 Å². The minimum atomic E-state index is -0.0263. The summed E-state index contributed by atoms with van der Waals surface area (Å²) in [7, 11) is 0. The van der Waals surface area contributed by atoms with Crippen molar-refractivity contribution in [3.05, 3.63) is 58.1 Å². The first kappa shape index (κ1) is 23.8. The van der Waals surface area contributed by atoms with Gasteiger partial charge in [-0.3, -0.25) is 9.89 Å². The molecule has 3 heterocycles. The van der Waals surface area contributed by atoms with E-state index in [0.717, 1.165) is 56.8 Å². The highest BCUT2D eigenvalue weighted by molar-refractivity contribution is 6.32. The van der Waals surface area contributed by atoms with Crippen LogP contribution in [0.3, 0.4) is 0 Å². The van der Waals surface area contributed by atoms with Gasteiger partial charge in [-0.25, -0.2) is 0 Å². The first-order valence-electron chi connectivity index (χ1n) is 14.4. The van der Waals surface area contributed by atoms with Gasteiger partial charge in [-0.05, 0) is 118 Å². The number of nitrogens with zero attached hydrogens (tertiary/aromatic N) is 3. The zero-order valence-corrected chi connectivity index (χ0v) is 22.3. The van der Waals surface area contributed by atoms with Crippen LogP contribution in [0.5, 0.6) is 5.75 Å². The molecule has 196 valence electrons. The van der Waals surface area contributed by atoms with E-state index in [2.05, 4.69) is 34.1 Å². The third-order valence-electron chi connectivity index (χ3n) is 9.33. The van der Waals surface area contributed by atoms with Crippen LogP contribution in [0.2, 0.25) is 5.02 Å². The molecule has 0 radical (unpaired) electrons. The number of aryl methyl sites for hydroxylation is 2. The van der Waals surface area contributed by atoms with Crippen molar-refractivity contribution in [2.75, 3.05) is 31.1 Å². The average Bonchev–Trinajstić information content (AvgIpc) is 3.36. The summed E-state index contributed by atoms with van der Waals surface area (Å²) in [6.07, 6.45) is 10.8. The van der Waals surface area contributed by atoms with Gasteiger partial charge in [0, 0.05) is 36.7 Å². The van der Waals surface area contributed by atoms with Gasteiger partial charge < -0.3 is 14.7 Å². The molecule has 7 rings (SSSR count). The second kappa shape index (κ2) is 9.81. The zero-order chi connectivity index (χ0) is 24.9. The quantitative estimate of drug-likeness (QED) is 0.558. The normalized spacial score (nSPS) is 29.6. The van der Waals surface area contributed by atoms with E-state index in [1.54, 1.807) is 0 Å². The standard InChI is InChI=1S/C31H38ClN3O2/c32-27-15-20(7-12-29(27)37-24-10-11-24)16-28-30(34-13-3-4-14-34)25-18-35(19-26(25)31(36)33-28)23-9-8-21-5-1-2-6-22(21)17-23/h7-9,12,15,17,24-26,28,30H,1-6,10-11,13-14,16,18-19H2,(H,33,36)/p-1. The number of benzene rings is 2. The molecule has 4 unspecified atom stereocenters. The fourth-order valence-electron chi connectivity index (χ4n) is 7.28. The predicted molar refractivity (Wildman–Crippen MR) is 147 cm³/mol. The molecule has 5 nitrogen and oxygen atoms in total. The fourth-order valence-corrected chi connectivity index (χ4v) is 7.53. The van der Waals surface area contributed by atoms with E-state index >= 15 is 0 Å². The summed E-state index contributed by atoms with van der Waals surface area (Å²) in [6, 6.07) is 13.4. The number of aliphatic imine (C=N–C) groups is 1. The Hall–Kier alpha value is -2.24. The zero-order valence-electron chi connectivity index (χ0n) is 21.6. The number of rotatable bonds is 6. The van der Waals surface area contributed by atoms with Crippen molar-refractivity contribution in [2.45, 2.75) is 76.0 Å². The van der Waals surface area contributed by atoms with E-state index in [1.165, 1.54) is 55.3 Å². The summed E-state index contributed by atoms with van der Waals surface area (Å²) < 4.78 is 5.94. The van der Waals surface area contributed by atoms with Crippen molar-refractivity contribution in [3.8, 4) is 5.75 Å². The van der Waals surface area contributed by atoms with Gasteiger partial charge in [0.2, 0.25) is 0 Å². The average molecular weight is 519 g/mol. The maximum atomic E-state index is 13.4. The predicted octanol–water partition coefficient (Wildman–Crippen LogP) is 4.66. The van der Waals surface area contributed by atoms with E-state index in [9.17, 15) is 5.11 Å².